The van der Waals surface area contributed by atoms with Gasteiger partial charge in [-0.15, -0.1) is 0 Å². The largest absolute Gasteiger partial charge is 0.374 e. The molecule has 15 heavy (non-hydrogen) atoms. The van der Waals surface area contributed by atoms with E-state index in [1.165, 1.54) is 0 Å². The monoisotopic (exact) mass is 203 g/mol. The molecule has 78 valence electrons. The summed E-state index contributed by atoms with van der Waals surface area (Å²) < 4.78 is 0. The van der Waals surface area contributed by atoms with E-state index in [1.54, 1.807) is 6.20 Å². The van der Waals surface area contributed by atoms with Crippen LogP contribution >= 0.6 is 0 Å². The lowest BCUT2D eigenvalue weighted by atomic mass is 9.94. The van der Waals surface area contributed by atoms with Gasteiger partial charge in [-0.05, 0) is 25.0 Å². The zero-order valence-electron chi connectivity index (χ0n) is 8.43. The van der Waals surface area contributed by atoms with Crippen LogP contribution in [-0.4, -0.2) is 28.8 Å². The summed E-state index contributed by atoms with van der Waals surface area (Å²) in [5.74, 6) is 0.825. The second-order valence-corrected chi connectivity index (χ2v) is 3.86. The van der Waals surface area contributed by atoms with E-state index in [-0.39, 0.29) is 0 Å². The summed E-state index contributed by atoms with van der Waals surface area (Å²) in [7, 11) is 0. The highest BCUT2D eigenvalue weighted by Crippen LogP contribution is 2.23. The van der Waals surface area contributed by atoms with Crippen molar-refractivity contribution in [3.05, 3.63) is 24.4 Å². The van der Waals surface area contributed by atoms with Gasteiger partial charge in [0.1, 0.15) is 5.82 Å². The Bertz CT molecular complexity index is 373. The number of aromatic nitrogens is 1. The van der Waals surface area contributed by atoms with E-state index in [1.807, 2.05) is 29.2 Å². The zero-order chi connectivity index (χ0) is 10.7. The Morgan fingerprint density at radius 3 is 3.07 bits per heavy atom. The lowest BCUT2D eigenvalue weighted by molar-refractivity contribution is 0.0817. The minimum absolute atomic E-state index is 0.348. The molecule has 0 aromatic carbocycles. The highest BCUT2D eigenvalue weighted by atomic mass is 16.3. The Morgan fingerprint density at radius 2 is 2.40 bits per heavy atom. The summed E-state index contributed by atoms with van der Waals surface area (Å²) in [6, 6.07) is 7.61. The first-order valence-corrected chi connectivity index (χ1v) is 5.03. The smallest absolute Gasteiger partial charge is 0.168 e. The number of β-amino-alcohol motifs (C(OH)–C–C–N with tert-alkyl or cyclic N) is 1. The maximum atomic E-state index is 9.88. The van der Waals surface area contributed by atoms with E-state index >= 15 is 0 Å². The summed E-state index contributed by atoms with van der Waals surface area (Å²) >= 11 is 0. The van der Waals surface area contributed by atoms with Gasteiger partial charge < -0.3 is 10.0 Å². The molecule has 0 bridgehead atoms. The van der Waals surface area contributed by atoms with Crippen LogP contribution in [0.5, 0.6) is 0 Å². The van der Waals surface area contributed by atoms with Crippen molar-refractivity contribution < 1.29 is 5.11 Å². The molecule has 4 nitrogen and oxygen atoms in total. The molecule has 1 aromatic rings. The van der Waals surface area contributed by atoms with Crippen molar-refractivity contribution in [1.82, 2.24) is 4.98 Å². The molecule has 0 amide bonds. The molecule has 1 aliphatic rings. The zero-order valence-corrected chi connectivity index (χ0v) is 8.43. The molecule has 1 unspecified atom stereocenters. The molecular formula is C11H13N3O. The Labute approximate surface area is 88.8 Å². The van der Waals surface area contributed by atoms with Gasteiger partial charge in [0.25, 0.3) is 0 Å². The number of rotatable bonds is 1. The van der Waals surface area contributed by atoms with Crippen LogP contribution in [0.15, 0.2) is 24.4 Å². The Balaban J connectivity index is 2.16. The van der Waals surface area contributed by atoms with E-state index in [4.69, 9.17) is 5.26 Å². The van der Waals surface area contributed by atoms with Gasteiger partial charge in [-0.3, -0.25) is 0 Å². The van der Waals surface area contributed by atoms with Crippen molar-refractivity contribution in [2.75, 3.05) is 18.0 Å². The van der Waals surface area contributed by atoms with Crippen molar-refractivity contribution in [3.8, 4) is 6.07 Å². The molecule has 0 radical (unpaired) electrons. The van der Waals surface area contributed by atoms with Gasteiger partial charge in [0.2, 0.25) is 0 Å². The molecule has 1 aliphatic heterocycles. The summed E-state index contributed by atoms with van der Waals surface area (Å²) in [5.41, 5.74) is -1.21. The van der Waals surface area contributed by atoms with Gasteiger partial charge in [-0.2, -0.15) is 5.26 Å². The van der Waals surface area contributed by atoms with Crippen LogP contribution in [-0.2, 0) is 0 Å². The average molecular weight is 203 g/mol. The van der Waals surface area contributed by atoms with E-state index in [9.17, 15) is 5.11 Å². The fourth-order valence-electron chi connectivity index (χ4n) is 1.86. The predicted molar refractivity (Wildman–Crippen MR) is 56.2 cm³/mol. The fraction of sp³-hybridized carbons (Fsp3) is 0.455. The van der Waals surface area contributed by atoms with Gasteiger partial charge >= 0.3 is 0 Å². The third-order valence-electron chi connectivity index (χ3n) is 2.65. The maximum Gasteiger partial charge on any atom is 0.168 e. The molecule has 1 atom stereocenters. The predicted octanol–water partition coefficient (Wildman–Crippen LogP) is 0.936. The SMILES string of the molecule is N#CC1(O)CCCN(c2ccccn2)C1. The standard InChI is InChI=1S/C11H13N3O/c12-8-11(15)5-3-7-14(9-11)10-4-1-2-6-13-10/h1-2,4,6,15H,3,5,7,9H2. The van der Waals surface area contributed by atoms with Crippen molar-refractivity contribution in [2.24, 2.45) is 0 Å². The number of hydrogen-bond acceptors (Lipinski definition) is 4. The van der Waals surface area contributed by atoms with E-state index in [2.05, 4.69) is 4.98 Å². The van der Waals surface area contributed by atoms with Gasteiger partial charge in [0, 0.05) is 12.7 Å². The number of pyridine rings is 1. The topological polar surface area (TPSA) is 60.1 Å². The lowest BCUT2D eigenvalue weighted by Crippen LogP contribution is -2.47. The molecule has 1 N–H and O–H groups in total. The highest BCUT2D eigenvalue weighted by Gasteiger charge is 2.33. The van der Waals surface area contributed by atoms with Gasteiger partial charge in [0.15, 0.2) is 5.60 Å². The molecule has 0 spiro atoms. The second kappa shape index (κ2) is 3.87. The minimum atomic E-state index is -1.21. The third kappa shape index (κ3) is 2.08. The second-order valence-electron chi connectivity index (χ2n) is 3.86. The van der Waals surface area contributed by atoms with Crippen LogP contribution in [0.2, 0.25) is 0 Å². The number of nitriles is 1. The Kier molecular flexibility index (Phi) is 2.57. The van der Waals surface area contributed by atoms with Crippen LogP contribution in [0.3, 0.4) is 0 Å². The van der Waals surface area contributed by atoms with Crippen LogP contribution < -0.4 is 4.90 Å². The number of piperidine rings is 1. The normalized spacial score (nSPS) is 26.0. The number of anilines is 1. The van der Waals surface area contributed by atoms with Crippen molar-refractivity contribution >= 4 is 5.82 Å². The molecule has 1 fully saturated rings. The first kappa shape index (κ1) is 9.94. The molecule has 2 heterocycles. The van der Waals surface area contributed by atoms with Gasteiger partial charge in [-0.1, -0.05) is 6.07 Å². The first-order valence-electron chi connectivity index (χ1n) is 5.03. The van der Waals surface area contributed by atoms with E-state index < -0.39 is 5.60 Å². The van der Waals surface area contributed by atoms with Crippen LogP contribution in [0.1, 0.15) is 12.8 Å². The number of nitrogens with zero attached hydrogens (tertiary/aromatic N) is 3. The first-order chi connectivity index (χ1) is 7.23. The molecular weight excluding hydrogens is 190 g/mol. The quantitative estimate of drug-likeness (QED) is 0.690. The van der Waals surface area contributed by atoms with Gasteiger partial charge in [0.05, 0.1) is 12.6 Å². The number of hydrogen-bond donors (Lipinski definition) is 1. The van der Waals surface area contributed by atoms with Crippen LogP contribution in [0.4, 0.5) is 5.82 Å². The number of aliphatic hydroxyl groups is 1. The Morgan fingerprint density at radius 1 is 1.53 bits per heavy atom. The Hall–Kier alpha value is -1.60. The summed E-state index contributed by atoms with van der Waals surface area (Å²) in [5, 5.41) is 18.7. The fourth-order valence-corrected chi connectivity index (χ4v) is 1.86. The lowest BCUT2D eigenvalue weighted by Gasteiger charge is -2.35. The average Bonchev–Trinajstić information content (AvgIpc) is 2.30. The highest BCUT2D eigenvalue weighted by molar-refractivity contribution is 5.39. The van der Waals surface area contributed by atoms with Crippen LogP contribution in [0.25, 0.3) is 0 Å². The van der Waals surface area contributed by atoms with Crippen molar-refractivity contribution in [3.63, 3.8) is 0 Å². The van der Waals surface area contributed by atoms with Crippen molar-refractivity contribution in [2.45, 2.75) is 18.4 Å². The van der Waals surface area contributed by atoms with Crippen LogP contribution in [0, 0.1) is 11.3 Å². The maximum absolute atomic E-state index is 9.88. The van der Waals surface area contributed by atoms with Gasteiger partial charge in [-0.25, -0.2) is 4.98 Å². The third-order valence-corrected chi connectivity index (χ3v) is 2.65. The van der Waals surface area contributed by atoms with E-state index in [0.29, 0.717) is 13.0 Å². The minimum Gasteiger partial charge on any atom is -0.374 e. The molecule has 1 aromatic heterocycles. The molecule has 2 rings (SSSR count). The summed E-state index contributed by atoms with van der Waals surface area (Å²) in [6.45, 7) is 1.20. The molecule has 0 aliphatic carbocycles. The summed E-state index contributed by atoms with van der Waals surface area (Å²) in [4.78, 5) is 6.16. The molecule has 0 saturated carbocycles. The van der Waals surface area contributed by atoms with E-state index in [0.717, 1.165) is 18.8 Å². The summed E-state index contributed by atoms with van der Waals surface area (Å²) in [6.07, 6.45) is 3.09. The van der Waals surface area contributed by atoms with Crippen molar-refractivity contribution in [1.29, 1.82) is 5.26 Å². The molecule has 4 heteroatoms. The molecule has 1 saturated heterocycles.